The second kappa shape index (κ2) is 7.87. The van der Waals surface area contributed by atoms with Crippen LogP contribution in [0.4, 0.5) is 0 Å². The van der Waals surface area contributed by atoms with Gasteiger partial charge in [-0.2, -0.15) is 0 Å². The molecule has 148 valence electrons. The fourth-order valence-corrected chi connectivity index (χ4v) is 4.07. The van der Waals surface area contributed by atoms with E-state index in [-0.39, 0.29) is 5.88 Å². The molecule has 2 saturated heterocycles. The van der Waals surface area contributed by atoms with Gasteiger partial charge in [0.05, 0.1) is 23.7 Å². The lowest BCUT2D eigenvalue weighted by molar-refractivity contribution is -0.388. The van der Waals surface area contributed by atoms with E-state index in [0.29, 0.717) is 0 Å². The molecular weight excluding hydrogens is 449 g/mol. The van der Waals surface area contributed by atoms with Gasteiger partial charge < -0.3 is 35.0 Å². The van der Waals surface area contributed by atoms with Crippen LogP contribution in [0.5, 0.6) is 0 Å². The lowest BCUT2D eigenvalue weighted by Gasteiger charge is -2.51. The van der Waals surface area contributed by atoms with Crippen molar-refractivity contribution in [2.75, 3.05) is 18.4 Å². The highest BCUT2D eigenvalue weighted by Gasteiger charge is 2.69. The molecule has 8 nitrogen and oxygen atoms in total. The van der Waals surface area contributed by atoms with Crippen molar-refractivity contribution in [1.82, 2.24) is 0 Å². The summed E-state index contributed by atoms with van der Waals surface area (Å²) in [6, 6.07) is 0. The highest BCUT2D eigenvalue weighted by molar-refractivity contribution is 6.34. The smallest absolute Gasteiger partial charge is 0.299 e. The minimum atomic E-state index is -2.82. The second-order valence-corrected chi connectivity index (χ2v) is 7.88. The lowest BCUT2D eigenvalue weighted by atomic mass is 10.0. The molecule has 0 aromatic heterocycles. The molecule has 0 radical (unpaired) electrons. The summed E-state index contributed by atoms with van der Waals surface area (Å²) in [7, 11) is 0. The van der Waals surface area contributed by atoms with E-state index in [1.54, 1.807) is 0 Å². The molecule has 0 aromatic carbocycles. The van der Waals surface area contributed by atoms with Gasteiger partial charge in [0, 0.05) is 0 Å². The summed E-state index contributed by atoms with van der Waals surface area (Å²) < 4.78 is 16.0. The first-order chi connectivity index (χ1) is 11.5. The molecule has 9 atom stereocenters. The van der Waals surface area contributed by atoms with E-state index in [2.05, 4.69) is 0 Å². The van der Waals surface area contributed by atoms with Gasteiger partial charge in [-0.3, -0.25) is 4.74 Å². The van der Waals surface area contributed by atoms with Gasteiger partial charge in [-0.15, -0.1) is 34.8 Å². The summed E-state index contributed by atoms with van der Waals surface area (Å²) >= 11 is 29.4. The molecule has 0 amide bonds. The van der Waals surface area contributed by atoms with Crippen molar-refractivity contribution in [3.05, 3.63) is 0 Å². The summed E-state index contributed by atoms with van der Waals surface area (Å²) in [5.41, 5.74) is 0. The molecule has 0 aromatic rings. The maximum atomic E-state index is 10.4. The molecule has 0 spiro atoms. The summed E-state index contributed by atoms with van der Waals surface area (Å²) in [6.45, 7) is -0.694. The minimum absolute atomic E-state index is 0.215. The Morgan fingerprint density at radius 1 is 1.00 bits per heavy atom. The summed E-state index contributed by atoms with van der Waals surface area (Å²) in [5, 5.41) is 43.1. The number of ether oxygens (including phenoxy) is 3. The molecule has 2 aliphatic heterocycles. The fourth-order valence-electron chi connectivity index (χ4n) is 2.59. The van der Waals surface area contributed by atoms with Gasteiger partial charge in [0.2, 0.25) is 10.8 Å². The maximum Gasteiger partial charge on any atom is 0.299 e. The van der Waals surface area contributed by atoms with Gasteiger partial charge in [0.25, 0.3) is 5.25 Å². The monoisotopic (exact) mass is 464 g/mol. The lowest BCUT2D eigenvalue weighted by Crippen LogP contribution is -2.70. The maximum absolute atomic E-state index is 10.4. The van der Waals surface area contributed by atoms with Crippen LogP contribution in [0.3, 0.4) is 0 Å². The largest absolute Gasteiger partial charge is 0.394 e. The number of rotatable bonds is 5. The SMILES string of the molecule is OC[C@H]1O[C@@](Cl)(O[C@]2(CCl)O[C@H](CCl)[C@@H](O)[C@@H]2O)[C@](O)(Cl)[C@H](O)[C@H]1Cl. The van der Waals surface area contributed by atoms with Crippen LogP contribution in [0.25, 0.3) is 0 Å². The van der Waals surface area contributed by atoms with Gasteiger partial charge in [0.1, 0.15) is 30.5 Å². The quantitative estimate of drug-likeness (QED) is 0.343. The third-order valence-corrected chi connectivity index (χ3v) is 6.32. The van der Waals surface area contributed by atoms with Gasteiger partial charge in [-0.05, 0) is 0 Å². The van der Waals surface area contributed by atoms with Crippen molar-refractivity contribution in [3.63, 3.8) is 0 Å². The Labute approximate surface area is 168 Å². The van der Waals surface area contributed by atoms with E-state index in [4.69, 9.17) is 72.2 Å². The summed E-state index contributed by atoms with van der Waals surface area (Å²) in [5.74, 6) is -2.97. The molecule has 5 N–H and O–H groups in total. The van der Waals surface area contributed by atoms with E-state index >= 15 is 0 Å². The normalized spacial score (nSPS) is 54.0. The van der Waals surface area contributed by atoms with Crippen LogP contribution in [-0.4, -0.2) is 95.9 Å². The van der Waals surface area contributed by atoms with Crippen LogP contribution in [0, 0.1) is 0 Å². The van der Waals surface area contributed by atoms with Crippen LogP contribution in [0.2, 0.25) is 0 Å². The first-order valence-electron chi connectivity index (χ1n) is 7.06. The van der Waals surface area contributed by atoms with Crippen LogP contribution in [0.15, 0.2) is 0 Å². The van der Waals surface area contributed by atoms with Crippen molar-refractivity contribution in [3.8, 4) is 0 Å². The Balaban J connectivity index is 2.37. The van der Waals surface area contributed by atoms with E-state index in [9.17, 15) is 25.5 Å². The number of aliphatic hydroxyl groups excluding tert-OH is 4. The molecular formula is C12H17Cl5O8. The third-order valence-electron chi connectivity index (χ3n) is 4.10. The minimum Gasteiger partial charge on any atom is -0.394 e. The van der Waals surface area contributed by atoms with E-state index < -0.39 is 64.5 Å². The first-order valence-corrected chi connectivity index (χ1v) is 9.33. The predicted octanol–water partition coefficient (Wildman–Crippen LogP) is -0.523. The van der Waals surface area contributed by atoms with Crippen molar-refractivity contribution in [2.24, 2.45) is 0 Å². The Bertz CT molecular complexity index is 486. The van der Waals surface area contributed by atoms with Crippen LogP contribution in [-0.2, 0) is 14.2 Å². The van der Waals surface area contributed by atoms with Crippen LogP contribution < -0.4 is 0 Å². The van der Waals surface area contributed by atoms with Gasteiger partial charge in [-0.25, -0.2) is 0 Å². The first kappa shape index (κ1) is 22.4. The molecule has 0 aliphatic carbocycles. The van der Waals surface area contributed by atoms with E-state index in [1.165, 1.54) is 0 Å². The molecule has 0 bridgehead atoms. The summed E-state index contributed by atoms with van der Waals surface area (Å²) in [4.78, 5) is 0. The molecule has 0 saturated carbocycles. The Morgan fingerprint density at radius 2 is 1.60 bits per heavy atom. The van der Waals surface area contributed by atoms with Crippen LogP contribution >= 0.6 is 58.0 Å². The average Bonchev–Trinajstić information content (AvgIpc) is 2.82. The Kier molecular flexibility index (Phi) is 7.05. The molecule has 13 heteroatoms. The van der Waals surface area contributed by atoms with Gasteiger partial charge in [-0.1, -0.05) is 23.2 Å². The van der Waals surface area contributed by atoms with Crippen molar-refractivity contribution < 1.29 is 39.7 Å². The van der Waals surface area contributed by atoms with E-state index in [0.717, 1.165) is 0 Å². The predicted molar refractivity (Wildman–Crippen MR) is 89.1 cm³/mol. The van der Waals surface area contributed by atoms with Crippen molar-refractivity contribution in [1.29, 1.82) is 0 Å². The zero-order valence-corrected chi connectivity index (χ0v) is 16.2. The highest BCUT2D eigenvalue weighted by atomic mass is 35.5. The number of alkyl halides is 5. The van der Waals surface area contributed by atoms with E-state index in [1.807, 2.05) is 0 Å². The number of aliphatic hydroxyl groups is 5. The van der Waals surface area contributed by atoms with Gasteiger partial charge in [0.15, 0.2) is 0 Å². The van der Waals surface area contributed by atoms with Crippen LogP contribution in [0.1, 0.15) is 0 Å². The zero-order chi connectivity index (χ0) is 19.2. The molecule has 2 rings (SSSR count). The molecule has 2 aliphatic rings. The standard InChI is InChI=1S/C12H17Cl5O8/c13-1-4-7(19)9(21)10(3-14,23-4)25-12(17)11(16,22)8(20)6(15)5(2-18)24-12/h4-9,18-22H,1-3H2/t4-,5-,6+,7-,8-,9+,10+,11+,12-/m1/s1. The van der Waals surface area contributed by atoms with Crippen molar-refractivity contribution >= 4 is 58.0 Å². The highest BCUT2D eigenvalue weighted by Crippen LogP contribution is 2.50. The molecule has 25 heavy (non-hydrogen) atoms. The topological polar surface area (TPSA) is 129 Å². The fraction of sp³-hybridized carbons (Fsp3) is 1.00. The second-order valence-electron chi connectivity index (χ2n) is 5.73. The summed E-state index contributed by atoms with van der Waals surface area (Å²) in [6.07, 6.45) is -7.48. The molecule has 2 heterocycles. The van der Waals surface area contributed by atoms with Gasteiger partial charge >= 0.3 is 0 Å². The molecule has 0 unspecified atom stereocenters. The number of hydrogen-bond donors (Lipinski definition) is 5. The number of halogens is 5. The molecule has 2 fully saturated rings. The number of hydrogen-bond acceptors (Lipinski definition) is 8. The Morgan fingerprint density at radius 3 is 2.04 bits per heavy atom. The average molecular weight is 467 g/mol. The van der Waals surface area contributed by atoms with Crippen molar-refractivity contribution in [2.45, 2.75) is 52.0 Å². The Hall–Kier alpha value is 1.13. The third kappa shape index (κ3) is 3.60. The zero-order valence-electron chi connectivity index (χ0n) is 12.4.